The fraction of sp³-hybridized carbons (Fsp3) is 0.389. The number of hydrogen-bond acceptors (Lipinski definition) is 5. The van der Waals surface area contributed by atoms with Gasteiger partial charge in [-0.2, -0.15) is 0 Å². The second-order valence-corrected chi connectivity index (χ2v) is 6.23. The third kappa shape index (κ3) is 3.56. The lowest BCUT2D eigenvalue weighted by molar-refractivity contribution is -0.132. The van der Waals surface area contributed by atoms with E-state index in [0.717, 1.165) is 5.56 Å². The van der Waals surface area contributed by atoms with Crippen molar-refractivity contribution in [3.8, 4) is 11.5 Å². The number of benzene rings is 1. The summed E-state index contributed by atoms with van der Waals surface area (Å²) in [5.41, 5.74) is 5.79. The number of carbonyl (C=O) groups is 2. The van der Waals surface area contributed by atoms with Gasteiger partial charge >= 0.3 is 0 Å². The normalized spacial score (nSPS) is 16.4. The Hall–Kier alpha value is -2.67. The predicted molar refractivity (Wildman–Crippen MR) is 90.7 cm³/mol. The largest absolute Gasteiger partial charge is 0.441 e. The first-order chi connectivity index (χ1) is 12.0. The maximum atomic E-state index is 12.5. The van der Waals surface area contributed by atoms with Crippen LogP contribution in [0.5, 0.6) is 0 Å². The molecule has 0 unspecified atom stereocenters. The highest BCUT2D eigenvalue weighted by molar-refractivity contribution is 5.94. The number of ether oxygens (including phenoxy) is 1. The van der Waals surface area contributed by atoms with Crippen molar-refractivity contribution in [2.45, 2.75) is 19.8 Å². The van der Waals surface area contributed by atoms with E-state index in [0.29, 0.717) is 37.7 Å². The van der Waals surface area contributed by atoms with Crippen molar-refractivity contribution < 1.29 is 18.7 Å². The fourth-order valence-electron chi connectivity index (χ4n) is 2.92. The number of hydrogen-bond donors (Lipinski definition) is 2. The molecule has 1 aromatic heterocycles. The standard InChI is InChI=1S/C18H21N3O4/c1-12-14(21-16(25-12)13-5-3-2-4-6-13)15(22)20-11-18(17(19)23)7-9-24-10-8-18/h2-6H,7-11H2,1H3,(H2,19,23)(H,20,22). The molecular weight excluding hydrogens is 322 g/mol. The average molecular weight is 343 g/mol. The van der Waals surface area contributed by atoms with Crippen molar-refractivity contribution >= 4 is 11.8 Å². The molecule has 2 amide bonds. The molecule has 0 bridgehead atoms. The zero-order chi connectivity index (χ0) is 17.9. The Morgan fingerprint density at radius 2 is 1.92 bits per heavy atom. The van der Waals surface area contributed by atoms with Gasteiger partial charge < -0.3 is 20.2 Å². The van der Waals surface area contributed by atoms with Crippen molar-refractivity contribution in [1.82, 2.24) is 10.3 Å². The zero-order valence-corrected chi connectivity index (χ0v) is 14.1. The molecule has 0 aliphatic carbocycles. The summed E-state index contributed by atoms with van der Waals surface area (Å²) in [5.74, 6) is 0.0175. The minimum Gasteiger partial charge on any atom is -0.441 e. The summed E-state index contributed by atoms with van der Waals surface area (Å²) in [4.78, 5) is 28.7. The lowest BCUT2D eigenvalue weighted by Crippen LogP contribution is -2.49. The van der Waals surface area contributed by atoms with Crippen LogP contribution in [0.2, 0.25) is 0 Å². The van der Waals surface area contributed by atoms with Crippen LogP contribution in [0.3, 0.4) is 0 Å². The molecule has 1 fully saturated rings. The average Bonchev–Trinajstić information content (AvgIpc) is 3.03. The van der Waals surface area contributed by atoms with Crippen LogP contribution in [0, 0.1) is 12.3 Å². The Morgan fingerprint density at radius 1 is 1.24 bits per heavy atom. The molecule has 0 atom stereocenters. The number of nitrogens with zero attached hydrogens (tertiary/aromatic N) is 1. The highest BCUT2D eigenvalue weighted by atomic mass is 16.5. The number of aryl methyl sites for hydroxylation is 1. The summed E-state index contributed by atoms with van der Waals surface area (Å²) in [6.45, 7) is 2.77. The topological polar surface area (TPSA) is 107 Å². The van der Waals surface area contributed by atoms with Gasteiger partial charge in [-0.15, -0.1) is 0 Å². The number of aromatic nitrogens is 1. The van der Waals surface area contributed by atoms with E-state index < -0.39 is 11.3 Å². The molecule has 2 aromatic rings. The van der Waals surface area contributed by atoms with Crippen LogP contribution >= 0.6 is 0 Å². The maximum Gasteiger partial charge on any atom is 0.273 e. The van der Waals surface area contributed by atoms with Crippen LogP contribution in [-0.2, 0) is 9.53 Å². The minimum absolute atomic E-state index is 0.164. The van der Waals surface area contributed by atoms with Gasteiger partial charge in [-0.3, -0.25) is 9.59 Å². The molecule has 1 aliphatic rings. The lowest BCUT2D eigenvalue weighted by Gasteiger charge is -2.34. The second kappa shape index (κ2) is 7.06. The SMILES string of the molecule is Cc1oc(-c2ccccc2)nc1C(=O)NCC1(C(N)=O)CCOCC1. The Labute approximate surface area is 145 Å². The maximum absolute atomic E-state index is 12.5. The molecule has 7 nitrogen and oxygen atoms in total. The monoisotopic (exact) mass is 343 g/mol. The summed E-state index contributed by atoms with van der Waals surface area (Å²) in [7, 11) is 0. The van der Waals surface area contributed by atoms with Crippen molar-refractivity contribution in [1.29, 1.82) is 0 Å². The van der Waals surface area contributed by atoms with Crippen LogP contribution in [0.4, 0.5) is 0 Å². The molecule has 1 aromatic carbocycles. The Balaban J connectivity index is 1.73. The molecule has 0 spiro atoms. The number of rotatable bonds is 5. The van der Waals surface area contributed by atoms with Crippen molar-refractivity contribution in [2.75, 3.05) is 19.8 Å². The molecule has 3 N–H and O–H groups in total. The fourth-order valence-corrected chi connectivity index (χ4v) is 2.92. The molecule has 2 heterocycles. The van der Waals surface area contributed by atoms with E-state index in [4.69, 9.17) is 14.9 Å². The number of carbonyl (C=O) groups excluding carboxylic acids is 2. The highest BCUT2D eigenvalue weighted by Gasteiger charge is 2.39. The second-order valence-electron chi connectivity index (χ2n) is 6.23. The molecule has 0 radical (unpaired) electrons. The third-order valence-corrected chi connectivity index (χ3v) is 4.59. The molecule has 3 rings (SSSR count). The van der Waals surface area contributed by atoms with Gasteiger partial charge in [0.15, 0.2) is 5.69 Å². The minimum atomic E-state index is -0.770. The van der Waals surface area contributed by atoms with Gasteiger partial charge in [0.2, 0.25) is 11.8 Å². The smallest absolute Gasteiger partial charge is 0.273 e. The van der Waals surface area contributed by atoms with Gasteiger partial charge in [-0.05, 0) is 31.9 Å². The molecular formula is C18H21N3O4. The van der Waals surface area contributed by atoms with E-state index in [2.05, 4.69) is 10.3 Å². The molecule has 7 heteroatoms. The van der Waals surface area contributed by atoms with Gasteiger partial charge in [0.25, 0.3) is 5.91 Å². The molecule has 25 heavy (non-hydrogen) atoms. The number of nitrogens with one attached hydrogen (secondary N) is 1. The summed E-state index contributed by atoms with van der Waals surface area (Å²) in [6, 6.07) is 9.35. The van der Waals surface area contributed by atoms with E-state index in [1.54, 1.807) is 6.92 Å². The molecule has 1 aliphatic heterocycles. The zero-order valence-electron chi connectivity index (χ0n) is 14.1. The summed E-state index contributed by atoms with van der Waals surface area (Å²) in [5, 5.41) is 2.78. The first kappa shape index (κ1) is 17.2. The van der Waals surface area contributed by atoms with Crippen LogP contribution in [0.15, 0.2) is 34.7 Å². The van der Waals surface area contributed by atoms with E-state index in [9.17, 15) is 9.59 Å². The summed E-state index contributed by atoms with van der Waals surface area (Å²) in [6.07, 6.45) is 0.991. The van der Waals surface area contributed by atoms with Crippen LogP contribution in [0.25, 0.3) is 11.5 Å². The van der Waals surface area contributed by atoms with Gasteiger partial charge in [0.1, 0.15) is 5.76 Å². The van der Waals surface area contributed by atoms with Crippen LogP contribution in [-0.4, -0.2) is 36.6 Å². The van der Waals surface area contributed by atoms with Crippen LogP contribution in [0.1, 0.15) is 29.1 Å². The number of nitrogens with two attached hydrogens (primary N) is 1. The molecule has 0 saturated carbocycles. The molecule has 1 saturated heterocycles. The van der Waals surface area contributed by atoms with Gasteiger partial charge in [0, 0.05) is 25.3 Å². The lowest BCUT2D eigenvalue weighted by atomic mass is 9.79. The Kier molecular flexibility index (Phi) is 4.85. The number of oxazole rings is 1. The Bertz CT molecular complexity index is 764. The van der Waals surface area contributed by atoms with E-state index in [1.807, 2.05) is 30.3 Å². The third-order valence-electron chi connectivity index (χ3n) is 4.59. The quantitative estimate of drug-likeness (QED) is 0.858. The van der Waals surface area contributed by atoms with Gasteiger partial charge in [-0.25, -0.2) is 4.98 Å². The highest BCUT2D eigenvalue weighted by Crippen LogP contribution is 2.29. The van der Waals surface area contributed by atoms with Gasteiger partial charge in [0.05, 0.1) is 5.41 Å². The first-order valence-corrected chi connectivity index (χ1v) is 8.20. The van der Waals surface area contributed by atoms with Crippen LogP contribution < -0.4 is 11.1 Å². The summed E-state index contributed by atoms with van der Waals surface area (Å²) >= 11 is 0. The Morgan fingerprint density at radius 3 is 2.56 bits per heavy atom. The van der Waals surface area contributed by atoms with E-state index in [-0.39, 0.29) is 18.1 Å². The van der Waals surface area contributed by atoms with Crippen molar-refractivity contribution in [3.05, 3.63) is 41.8 Å². The van der Waals surface area contributed by atoms with Crippen molar-refractivity contribution in [3.63, 3.8) is 0 Å². The van der Waals surface area contributed by atoms with Crippen molar-refractivity contribution in [2.24, 2.45) is 11.1 Å². The van der Waals surface area contributed by atoms with E-state index in [1.165, 1.54) is 0 Å². The first-order valence-electron chi connectivity index (χ1n) is 8.20. The predicted octanol–water partition coefficient (Wildman–Crippen LogP) is 1.66. The van der Waals surface area contributed by atoms with E-state index >= 15 is 0 Å². The number of primary amides is 1. The summed E-state index contributed by atoms with van der Waals surface area (Å²) < 4.78 is 10.9. The van der Waals surface area contributed by atoms with Gasteiger partial charge in [-0.1, -0.05) is 18.2 Å². The molecule has 132 valence electrons. The number of amides is 2.